The van der Waals surface area contributed by atoms with Crippen molar-refractivity contribution in [2.24, 2.45) is 29.6 Å². The molecule has 0 amide bonds. The van der Waals surface area contributed by atoms with Crippen molar-refractivity contribution in [3.63, 3.8) is 0 Å². The lowest BCUT2D eigenvalue weighted by atomic mass is 9.74. The summed E-state index contributed by atoms with van der Waals surface area (Å²) in [5.41, 5.74) is 1.48. The van der Waals surface area contributed by atoms with Gasteiger partial charge in [0.25, 0.3) is 0 Å². The van der Waals surface area contributed by atoms with Gasteiger partial charge in [-0.2, -0.15) is 0 Å². The third-order valence-corrected chi connectivity index (χ3v) is 8.61. The topological polar surface area (TPSA) is 9.23 Å². The highest BCUT2D eigenvalue weighted by Gasteiger charge is 2.24. The van der Waals surface area contributed by atoms with Crippen LogP contribution in [-0.2, 0) is 6.42 Å². The second-order valence-electron chi connectivity index (χ2n) is 11.1. The molecule has 0 saturated heterocycles. The Bertz CT molecular complexity index is 575. The maximum Gasteiger partial charge on any atom is 0.119 e. The zero-order valence-electron chi connectivity index (χ0n) is 20.9. The molecule has 1 unspecified atom stereocenters. The Hall–Kier alpha value is -0.980. The van der Waals surface area contributed by atoms with Crippen LogP contribution in [0.4, 0.5) is 0 Å². The van der Waals surface area contributed by atoms with Crippen LogP contribution in [0.15, 0.2) is 24.3 Å². The lowest BCUT2D eigenvalue weighted by Crippen LogP contribution is -2.18. The minimum atomic E-state index is 0.635. The Morgan fingerprint density at radius 2 is 1.19 bits per heavy atom. The Morgan fingerprint density at radius 3 is 1.68 bits per heavy atom. The van der Waals surface area contributed by atoms with Gasteiger partial charge < -0.3 is 4.74 Å². The highest BCUT2D eigenvalue weighted by molar-refractivity contribution is 5.27. The largest absolute Gasteiger partial charge is 0.493 e. The van der Waals surface area contributed by atoms with Gasteiger partial charge in [-0.05, 0) is 60.1 Å². The summed E-state index contributed by atoms with van der Waals surface area (Å²) in [5, 5.41) is 0. The van der Waals surface area contributed by atoms with E-state index >= 15 is 0 Å². The maximum atomic E-state index is 5.90. The van der Waals surface area contributed by atoms with Gasteiger partial charge in [0.2, 0.25) is 0 Å². The summed E-state index contributed by atoms with van der Waals surface area (Å²) >= 11 is 0. The molecule has 0 heterocycles. The van der Waals surface area contributed by atoms with Gasteiger partial charge in [0.15, 0.2) is 0 Å². The van der Waals surface area contributed by atoms with Crippen LogP contribution < -0.4 is 4.74 Å². The van der Waals surface area contributed by atoms with Gasteiger partial charge in [0.05, 0.1) is 6.61 Å². The summed E-state index contributed by atoms with van der Waals surface area (Å²) in [6.07, 6.45) is 21.8. The van der Waals surface area contributed by atoms with E-state index in [9.17, 15) is 0 Å². The van der Waals surface area contributed by atoms with Crippen LogP contribution in [-0.4, -0.2) is 6.61 Å². The van der Waals surface area contributed by atoms with Crippen molar-refractivity contribution in [2.45, 2.75) is 117 Å². The number of rotatable bonds is 12. The molecular weight excluding hydrogens is 376 g/mol. The highest BCUT2D eigenvalue weighted by Crippen LogP contribution is 2.38. The van der Waals surface area contributed by atoms with Gasteiger partial charge in [0, 0.05) is 0 Å². The SMILES string of the molecule is CCCC1CCC(CCC2CCC(CCc3ccc(OCC(C)CC)cc3)CC2)CC1. The first-order valence-corrected chi connectivity index (χ1v) is 13.9. The standard InChI is InChI=1S/C30H50O/c1-4-6-25-7-9-26(10-8-25)11-12-27-13-15-28(16-14-27)17-18-29-19-21-30(22-20-29)31-23-24(3)5-2/h19-22,24-28H,4-18,23H2,1-3H3. The van der Waals surface area contributed by atoms with Crippen molar-refractivity contribution >= 4 is 0 Å². The molecule has 176 valence electrons. The van der Waals surface area contributed by atoms with E-state index in [0.717, 1.165) is 36.0 Å². The Labute approximate surface area is 193 Å². The van der Waals surface area contributed by atoms with E-state index in [1.807, 2.05) is 0 Å². The fourth-order valence-electron chi connectivity index (χ4n) is 5.98. The van der Waals surface area contributed by atoms with Crippen LogP contribution in [0.2, 0.25) is 0 Å². The minimum absolute atomic E-state index is 0.635. The van der Waals surface area contributed by atoms with Crippen LogP contribution in [0.25, 0.3) is 0 Å². The first-order valence-electron chi connectivity index (χ1n) is 13.9. The highest BCUT2D eigenvalue weighted by atomic mass is 16.5. The number of ether oxygens (including phenoxy) is 1. The summed E-state index contributed by atoms with van der Waals surface area (Å²) in [4.78, 5) is 0. The zero-order valence-corrected chi connectivity index (χ0v) is 20.9. The van der Waals surface area contributed by atoms with Crippen molar-refractivity contribution in [1.82, 2.24) is 0 Å². The van der Waals surface area contributed by atoms with E-state index in [2.05, 4.69) is 45.0 Å². The van der Waals surface area contributed by atoms with Crippen molar-refractivity contribution < 1.29 is 4.74 Å². The molecule has 0 spiro atoms. The molecular formula is C30H50O. The molecule has 0 aliphatic heterocycles. The number of hydrogen-bond donors (Lipinski definition) is 0. The van der Waals surface area contributed by atoms with Gasteiger partial charge >= 0.3 is 0 Å². The molecule has 0 radical (unpaired) electrons. The van der Waals surface area contributed by atoms with Gasteiger partial charge in [0.1, 0.15) is 5.75 Å². The van der Waals surface area contributed by atoms with Gasteiger partial charge in [-0.3, -0.25) is 0 Å². The van der Waals surface area contributed by atoms with E-state index < -0.39 is 0 Å². The van der Waals surface area contributed by atoms with Crippen LogP contribution in [0, 0.1) is 29.6 Å². The maximum absolute atomic E-state index is 5.90. The van der Waals surface area contributed by atoms with Gasteiger partial charge in [-0.25, -0.2) is 0 Å². The van der Waals surface area contributed by atoms with E-state index in [0.29, 0.717) is 5.92 Å². The van der Waals surface area contributed by atoms with E-state index in [1.54, 1.807) is 0 Å². The number of benzene rings is 1. The lowest BCUT2D eigenvalue weighted by molar-refractivity contribution is 0.209. The number of aryl methyl sites for hydroxylation is 1. The molecule has 2 saturated carbocycles. The van der Waals surface area contributed by atoms with Crippen LogP contribution >= 0.6 is 0 Å². The van der Waals surface area contributed by atoms with Crippen molar-refractivity contribution in [1.29, 1.82) is 0 Å². The van der Waals surface area contributed by atoms with Crippen molar-refractivity contribution in [3.05, 3.63) is 29.8 Å². The zero-order chi connectivity index (χ0) is 21.9. The molecule has 0 bridgehead atoms. The molecule has 1 atom stereocenters. The predicted molar refractivity (Wildman–Crippen MR) is 135 cm³/mol. The molecule has 1 aromatic carbocycles. The van der Waals surface area contributed by atoms with E-state index in [1.165, 1.54) is 102 Å². The molecule has 2 fully saturated rings. The smallest absolute Gasteiger partial charge is 0.119 e. The Morgan fingerprint density at radius 1 is 0.710 bits per heavy atom. The minimum Gasteiger partial charge on any atom is -0.493 e. The van der Waals surface area contributed by atoms with Crippen molar-refractivity contribution in [3.8, 4) is 5.75 Å². The summed E-state index contributed by atoms with van der Waals surface area (Å²) in [6.45, 7) is 7.66. The third kappa shape index (κ3) is 8.82. The summed E-state index contributed by atoms with van der Waals surface area (Å²) in [5.74, 6) is 5.78. The lowest BCUT2D eigenvalue weighted by Gasteiger charge is -2.32. The predicted octanol–water partition coefficient (Wildman–Crippen LogP) is 9.24. The average Bonchev–Trinajstić information content (AvgIpc) is 2.82. The van der Waals surface area contributed by atoms with Crippen LogP contribution in [0.5, 0.6) is 5.75 Å². The summed E-state index contributed by atoms with van der Waals surface area (Å²) in [6, 6.07) is 8.91. The van der Waals surface area contributed by atoms with E-state index in [-0.39, 0.29) is 0 Å². The molecule has 1 heteroatoms. The van der Waals surface area contributed by atoms with Crippen LogP contribution in [0.1, 0.15) is 116 Å². The fraction of sp³-hybridized carbons (Fsp3) is 0.800. The molecule has 1 nitrogen and oxygen atoms in total. The molecule has 0 aromatic heterocycles. The van der Waals surface area contributed by atoms with Gasteiger partial charge in [-0.1, -0.05) is 116 Å². The normalized spacial score (nSPS) is 27.7. The second-order valence-corrected chi connectivity index (χ2v) is 11.1. The molecule has 31 heavy (non-hydrogen) atoms. The second kappa shape index (κ2) is 13.5. The quantitative estimate of drug-likeness (QED) is 0.323. The van der Waals surface area contributed by atoms with Gasteiger partial charge in [-0.15, -0.1) is 0 Å². The third-order valence-electron chi connectivity index (χ3n) is 8.61. The molecule has 2 aliphatic rings. The fourth-order valence-corrected chi connectivity index (χ4v) is 5.98. The molecule has 0 N–H and O–H groups in total. The first kappa shape index (κ1) is 24.7. The first-order chi connectivity index (χ1) is 15.2. The van der Waals surface area contributed by atoms with Crippen molar-refractivity contribution in [2.75, 3.05) is 6.61 Å². The van der Waals surface area contributed by atoms with E-state index in [4.69, 9.17) is 4.74 Å². The Balaban J connectivity index is 1.26. The summed E-state index contributed by atoms with van der Waals surface area (Å²) in [7, 11) is 0. The van der Waals surface area contributed by atoms with Crippen LogP contribution in [0.3, 0.4) is 0 Å². The molecule has 3 rings (SSSR count). The number of hydrogen-bond acceptors (Lipinski definition) is 1. The molecule has 1 aromatic rings. The monoisotopic (exact) mass is 426 g/mol. The summed E-state index contributed by atoms with van der Waals surface area (Å²) < 4.78 is 5.90. The molecule has 2 aliphatic carbocycles. The Kier molecular flexibility index (Phi) is 10.8. The average molecular weight is 427 g/mol.